The molecule has 0 unspecified atom stereocenters. The molecule has 0 radical (unpaired) electrons. The largest absolute Gasteiger partial charge is 0.431 e. The zero-order valence-electron chi connectivity index (χ0n) is 9.77. The van der Waals surface area contributed by atoms with Gasteiger partial charge in [0.05, 0.1) is 0 Å². The summed E-state index contributed by atoms with van der Waals surface area (Å²) in [6.45, 7) is 0. The van der Waals surface area contributed by atoms with E-state index in [4.69, 9.17) is 16.0 Å². The van der Waals surface area contributed by atoms with Crippen LogP contribution in [0.25, 0.3) is 11.1 Å². The van der Waals surface area contributed by atoms with Gasteiger partial charge in [0, 0.05) is 15.2 Å². The lowest BCUT2D eigenvalue weighted by atomic mass is 10.2. The van der Waals surface area contributed by atoms with E-state index in [0.29, 0.717) is 5.22 Å². The maximum Gasteiger partial charge on any atom is 0.257 e. The number of aromatic nitrogens is 1. The SMILES string of the molecule is Clc1ccc(CSc2nc3ccc(Br)cc3o2)cc1. The van der Waals surface area contributed by atoms with Crippen molar-refractivity contribution in [3.8, 4) is 0 Å². The van der Waals surface area contributed by atoms with Crippen LogP contribution >= 0.6 is 39.3 Å². The molecule has 0 saturated carbocycles. The molecule has 2 aromatic carbocycles. The molecule has 3 aromatic rings. The molecule has 0 fully saturated rings. The van der Waals surface area contributed by atoms with Gasteiger partial charge < -0.3 is 4.42 Å². The number of fused-ring (bicyclic) bond motifs is 1. The van der Waals surface area contributed by atoms with E-state index in [1.807, 2.05) is 42.5 Å². The van der Waals surface area contributed by atoms with Gasteiger partial charge in [-0.15, -0.1) is 0 Å². The van der Waals surface area contributed by atoms with Crippen LogP contribution < -0.4 is 0 Å². The first-order chi connectivity index (χ1) is 9.20. The topological polar surface area (TPSA) is 26.0 Å². The minimum absolute atomic E-state index is 0.683. The third-order valence-corrected chi connectivity index (χ3v) is 4.25. The summed E-state index contributed by atoms with van der Waals surface area (Å²) in [5.41, 5.74) is 2.87. The first-order valence-corrected chi connectivity index (χ1v) is 7.80. The predicted molar refractivity (Wildman–Crippen MR) is 82.7 cm³/mol. The van der Waals surface area contributed by atoms with Crippen LogP contribution in [0.15, 0.2) is 56.6 Å². The molecule has 1 heterocycles. The maximum atomic E-state index is 5.85. The highest BCUT2D eigenvalue weighted by Crippen LogP contribution is 2.28. The van der Waals surface area contributed by atoms with Gasteiger partial charge in [-0.2, -0.15) is 0 Å². The summed E-state index contributed by atoms with van der Waals surface area (Å²) in [7, 11) is 0. The highest BCUT2D eigenvalue weighted by atomic mass is 79.9. The molecule has 2 nitrogen and oxygen atoms in total. The Bertz CT molecular complexity index is 711. The Balaban J connectivity index is 1.76. The van der Waals surface area contributed by atoms with Crippen molar-refractivity contribution in [3.05, 3.63) is 57.5 Å². The number of benzene rings is 2. The minimum atomic E-state index is 0.683. The second-order valence-corrected chi connectivity index (χ2v) is 6.29. The van der Waals surface area contributed by atoms with E-state index in [1.54, 1.807) is 11.8 Å². The molecule has 1 aromatic heterocycles. The van der Waals surface area contributed by atoms with Gasteiger partial charge >= 0.3 is 0 Å². The molecule has 0 aliphatic heterocycles. The van der Waals surface area contributed by atoms with Gasteiger partial charge in [0.2, 0.25) is 0 Å². The van der Waals surface area contributed by atoms with Crippen molar-refractivity contribution in [3.63, 3.8) is 0 Å². The van der Waals surface area contributed by atoms with E-state index in [1.165, 1.54) is 5.56 Å². The van der Waals surface area contributed by atoms with Gasteiger partial charge in [0.1, 0.15) is 5.52 Å². The Labute approximate surface area is 128 Å². The molecule has 5 heteroatoms. The lowest BCUT2D eigenvalue weighted by Gasteiger charge is -1.98. The van der Waals surface area contributed by atoms with Crippen LogP contribution in [0.3, 0.4) is 0 Å². The Hall–Kier alpha value is -0.970. The highest BCUT2D eigenvalue weighted by molar-refractivity contribution is 9.10. The number of nitrogens with zero attached hydrogens (tertiary/aromatic N) is 1. The van der Waals surface area contributed by atoms with Crippen molar-refractivity contribution >= 4 is 50.4 Å². The lowest BCUT2D eigenvalue weighted by Crippen LogP contribution is -1.79. The number of hydrogen-bond acceptors (Lipinski definition) is 3. The van der Waals surface area contributed by atoms with Crippen LogP contribution in [0.4, 0.5) is 0 Å². The summed E-state index contributed by atoms with van der Waals surface area (Å²) < 4.78 is 6.68. The lowest BCUT2D eigenvalue weighted by molar-refractivity contribution is 0.489. The van der Waals surface area contributed by atoms with Gasteiger partial charge in [-0.3, -0.25) is 0 Å². The van der Waals surface area contributed by atoms with E-state index < -0.39 is 0 Å². The normalized spacial score (nSPS) is 11.1. The van der Waals surface area contributed by atoms with E-state index >= 15 is 0 Å². The van der Waals surface area contributed by atoms with E-state index in [0.717, 1.165) is 26.3 Å². The third-order valence-electron chi connectivity index (χ3n) is 2.61. The average molecular weight is 355 g/mol. The molecule has 96 valence electrons. The number of thioether (sulfide) groups is 1. The quantitative estimate of drug-likeness (QED) is 0.578. The van der Waals surface area contributed by atoms with Crippen LogP contribution in [-0.2, 0) is 5.75 Å². The number of rotatable bonds is 3. The number of oxazole rings is 1. The first kappa shape index (κ1) is 13.0. The van der Waals surface area contributed by atoms with Crippen molar-refractivity contribution in [1.29, 1.82) is 0 Å². The summed E-state index contributed by atoms with van der Waals surface area (Å²) >= 11 is 10.8. The fraction of sp³-hybridized carbons (Fsp3) is 0.0714. The average Bonchev–Trinajstić information content (AvgIpc) is 2.80. The summed E-state index contributed by atoms with van der Waals surface area (Å²) in [5.74, 6) is 0.811. The van der Waals surface area contributed by atoms with E-state index in [-0.39, 0.29) is 0 Å². The fourth-order valence-electron chi connectivity index (χ4n) is 1.66. The van der Waals surface area contributed by atoms with Crippen molar-refractivity contribution in [2.75, 3.05) is 0 Å². The van der Waals surface area contributed by atoms with Gasteiger partial charge in [-0.25, -0.2) is 4.98 Å². The third kappa shape index (κ3) is 3.14. The number of halogens is 2. The Morgan fingerprint density at radius 1 is 1.16 bits per heavy atom. The molecule has 0 aliphatic rings. The van der Waals surface area contributed by atoms with Crippen molar-refractivity contribution in [1.82, 2.24) is 4.98 Å². The van der Waals surface area contributed by atoms with Crippen LogP contribution in [-0.4, -0.2) is 4.98 Å². The summed E-state index contributed by atoms with van der Waals surface area (Å²) in [4.78, 5) is 4.44. The molecule has 0 atom stereocenters. The zero-order chi connectivity index (χ0) is 13.2. The molecule has 0 N–H and O–H groups in total. The number of hydrogen-bond donors (Lipinski definition) is 0. The van der Waals surface area contributed by atoms with Crippen LogP contribution in [0.5, 0.6) is 0 Å². The van der Waals surface area contributed by atoms with Gasteiger partial charge in [-0.05, 0) is 35.9 Å². The van der Waals surface area contributed by atoms with E-state index in [2.05, 4.69) is 20.9 Å². The van der Waals surface area contributed by atoms with Crippen molar-refractivity contribution in [2.24, 2.45) is 0 Å². The molecule has 0 saturated heterocycles. The zero-order valence-corrected chi connectivity index (χ0v) is 12.9. The van der Waals surface area contributed by atoms with Gasteiger partial charge in [-0.1, -0.05) is 51.4 Å². The Kier molecular flexibility index (Phi) is 3.82. The van der Waals surface area contributed by atoms with Gasteiger partial charge in [0.25, 0.3) is 5.22 Å². The monoisotopic (exact) mass is 353 g/mol. The second kappa shape index (κ2) is 5.57. The molecule has 0 amide bonds. The molecular formula is C14H9BrClNOS. The highest BCUT2D eigenvalue weighted by Gasteiger charge is 2.07. The smallest absolute Gasteiger partial charge is 0.257 e. The minimum Gasteiger partial charge on any atom is -0.431 e. The molecule has 19 heavy (non-hydrogen) atoms. The van der Waals surface area contributed by atoms with E-state index in [9.17, 15) is 0 Å². The molecule has 0 spiro atoms. The van der Waals surface area contributed by atoms with Crippen molar-refractivity contribution in [2.45, 2.75) is 11.0 Å². The molecular weight excluding hydrogens is 346 g/mol. The Morgan fingerprint density at radius 2 is 1.95 bits per heavy atom. The van der Waals surface area contributed by atoms with Crippen molar-refractivity contribution < 1.29 is 4.42 Å². The molecule has 3 rings (SSSR count). The van der Waals surface area contributed by atoms with Crippen LogP contribution in [0, 0.1) is 0 Å². The summed E-state index contributed by atoms with van der Waals surface area (Å²) in [6, 6.07) is 13.6. The second-order valence-electron chi connectivity index (χ2n) is 4.01. The Morgan fingerprint density at radius 3 is 2.74 bits per heavy atom. The summed E-state index contributed by atoms with van der Waals surface area (Å²) in [6.07, 6.45) is 0. The van der Waals surface area contributed by atoms with Gasteiger partial charge in [0.15, 0.2) is 5.58 Å². The van der Waals surface area contributed by atoms with Crippen LogP contribution in [0.1, 0.15) is 5.56 Å². The van der Waals surface area contributed by atoms with Crippen LogP contribution in [0.2, 0.25) is 5.02 Å². The molecule has 0 aliphatic carbocycles. The standard InChI is InChI=1S/C14H9BrClNOS/c15-10-3-6-12-13(7-10)18-14(17-12)19-8-9-1-4-11(16)5-2-9/h1-7H,8H2. The maximum absolute atomic E-state index is 5.85. The molecule has 0 bridgehead atoms. The fourth-order valence-corrected chi connectivity index (χ4v) is 2.93. The summed E-state index contributed by atoms with van der Waals surface area (Å²) in [5, 5.41) is 1.43. The first-order valence-electron chi connectivity index (χ1n) is 5.64. The predicted octanol–water partition coefficient (Wildman–Crippen LogP) is 5.54.